The van der Waals surface area contributed by atoms with Crippen LogP contribution in [0.2, 0.25) is 5.04 Å². The third kappa shape index (κ3) is 7.25. The highest BCUT2D eigenvalue weighted by atomic mass is 28.4. The molecule has 1 N–H and O–H groups in total. The van der Waals surface area contributed by atoms with Crippen molar-refractivity contribution in [3.05, 3.63) is 84.5 Å². The first-order chi connectivity index (χ1) is 16.6. The average Bonchev–Trinajstić information content (AvgIpc) is 2.84. The summed E-state index contributed by atoms with van der Waals surface area (Å²) in [6, 6.07) is 21.3. The van der Waals surface area contributed by atoms with Gasteiger partial charge in [0.15, 0.2) is 6.29 Å². The van der Waals surface area contributed by atoms with Gasteiger partial charge in [0.1, 0.15) is 0 Å². The molecule has 0 radical (unpaired) electrons. The Morgan fingerprint density at radius 3 is 1.77 bits per heavy atom. The molecule has 2 aromatic rings. The third-order valence-corrected chi connectivity index (χ3v) is 11.9. The topological polar surface area (TPSA) is 47.9 Å². The maximum Gasteiger partial charge on any atom is 0.261 e. The van der Waals surface area contributed by atoms with Gasteiger partial charge < -0.3 is 19.0 Å². The number of aliphatic hydroxyl groups excluding tert-OH is 1. The predicted octanol–water partition coefficient (Wildman–Crippen LogP) is 5.46. The molecule has 0 aliphatic heterocycles. The molecule has 2 aromatic carbocycles. The fourth-order valence-corrected chi connectivity index (χ4v) is 9.51. The van der Waals surface area contributed by atoms with E-state index >= 15 is 0 Å². The Hall–Kier alpha value is -2.02. The third-order valence-electron chi connectivity index (χ3n) is 6.86. The summed E-state index contributed by atoms with van der Waals surface area (Å²) >= 11 is 0. The van der Waals surface area contributed by atoms with Gasteiger partial charge in [-0.25, -0.2) is 0 Å². The maximum atomic E-state index is 9.76. The highest BCUT2D eigenvalue weighted by molar-refractivity contribution is 6.99. The second-order valence-electron chi connectivity index (χ2n) is 10.3. The average molecular weight is 497 g/mol. The van der Waals surface area contributed by atoms with E-state index in [1.165, 1.54) is 10.4 Å². The van der Waals surface area contributed by atoms with Gasteiger partial charge in [-0.1, -0.05) is 99.7 Å². The SMILES string of the molecule is C=C(C)[C@@H](CC(OC)OC)C[C@H](O[Si](c1ccccc1)(c1ccccc1)C(C)(C)C)/C(C)=C/CO. The van der Waals surface area contributed by atoms with E-state index in [4.69, 9.17) is 13.9 Å². The summed E-state index contributed by atoms with van der Waals surface area (Å²) in [7, 11) is 0.550. The first-order valence-corrected chi connectivity index (χ1v) is 14.3. The smallest absolute Gasteiger partial charge is 0.261 e. The van der Waals surface area contributed by atoms with E-state index in [2.05, 4.69) is 102 Å². The molecular weight excluding hydrogens is 452 g/mol. The van der Waals surface area contributed by atoms with Crippen molar-refractivity contribution in [2.24, 2.45) is 5.92 Å². The summed E-state index contributed by atoms with van der Waals surface area (Å²) in [6.45, 7) is 15.2. The molecule has 0 fully saturated rings. The van der Waals surface area contributed by atoms with Crippen LogP contribution in [0, 0.1) is 5.92 Å². The Balaban J connectivity index is 2.67. The second-order valence-corrected chi connectivity index (χ2v) is 14.6. The molecular formula is C30H44O4Si. The van der Waals surface area contributed by atoms with E-state index in [1.54, 1.807) is 14.2 Å². The highest BCUT2D eigenvalue weighted by Gasteiger charge is 2.51. The van der Waals surface area contributed by atoms with Gasteiger partial charge in [-0.3, -0.25) is 0 Å². The van der Waals surface area contributed by atoms with Crippen LogP contribution in [0.3, 0.4) is 0 Å². The molecule has 0 spiro atoms. The Labute approximate surface area is 213 Å². The van der Waals surface area contributed by atoms with Crippen molar-refractivity contribution in [3.8, 4) is 0 Å². The molecule has 0 heterocycles. The van der Waals surface area contributed by atoms with Crippen molar-refractivity contribution in [1.29, 1.82) is 0 Å². The summed E-state index contributed by atoms with van der Waals surface area (Å²) in [5, 5.41) is 12.1. The lowest BCUT2D eigenvalue weighted by Gasteiger charge is -2.46. The van der Waals surface area contributed by atoms with Crippen LogP contribution in [0.15, 0.2) is 84.5 Å². The summed E-state index contributed by atoms with van der Waals surface area (Å²) in [5.74, 6) is 0.130. The fraction of sp³-hybridized carbons (Fsp3) is 0.467. The zero-order valence-corrected chi connectivity index (χ0v) is 23.6. The minimum Gasteiger partial charge on any atom is -0.401 e. The van der Waals surface area contributed by atoms with Gasteiger partial charge in [0.25, 0.3) is 8.32 Å². The molecule has 0 aliphatic carbocycles. The van der Waals surface area contributed by atoms with Crippen LogP contribution in [0.4, 0.5) is 0 Å². The number of hydrogen-bond acceptors (Lipinski definition) is 4. The number of aliphatic hydroxyl groups is 1. The van der Waals surface area contributed by atoms with Crippen LogP contribution in [-0.4, -0.2) is 46.6 Å². The monoisotopic (exact) mass is 496 g/mol. The number of hydrogen-bond donors (Lipinski definition) is 1. The second kappa shape index (κ2) is 13.3. The molecule has 0 amide bonds. The Morgan fingerprint density at radius 1 is 0.914 bits per heavy atom. The van der Waals surface area contributed by atoms with Crippen molar-refractivity contribution in [3.63, 3.8) is 0 Å². The molecule has 0 saturated carbocycles. The first-order valence-electron chi connectivity index (χ1n) is 12.4. The van der Waals surface area contributed by atoms with Crippen LogP contribution in [0.25, 0.3) is 0 Å². The number of rotatable bonds is 13. The summed E-state index contributed by atoms with van der Waals surface area (Å²) in [5.41, 5.74) is 2.09. The standard InChI is InChI=1S/C30H44O4Si/c1-23(2)25(22-29(32-7)33-8)21-28(24(3)19-20-31)34-35(30(4,5)6,26-15-11-9-12-16-26)27-17-13-10-14-18-27/h9-19,25,28-29,31H,1,20-22H2,2-8H3/b24-19+/t25-,28+/m1/s1. The van der Waals surface area contributed by atoms with E-state index < -0.39 is 8.32 Å². The van der Waals surface area contributed by atoms with E-state index in [-0.39, 0.29) is 30.0 Å². The van der Waals surface area contributed by atoms with Crippen LogP contribution < -0.4 is 10.4 Å². The molecule has 4 nitrogen and oxygen atoms in total. The number of methoxy groups -OCH3 is 2. The lowest BCUT2D eigenvalue weighted by Crippen LogP contribution is -2.67. The van der Waals surface area contributed by atoms with Crippen molar-refractivity contribution in [2.45, 2.75) is 64.9 Å². The lowest BCUT2D eigenvalue weighted by atomic mass is 9.89. The van der Waals surface area contributed by atoms with Crippen LogP contribution >= 0.6 is 0 Å². The fourth-order valence-electron chi connectivity index (χ4n) is 4.79. The van der Waals surface area contributed by atoms with Crippen LogP contribution in [-0.2, 0) is 13.9 Å². The van der Waals surface area contributed by atoms with Gasteiger partial charge in [-0.2, -0.15) is 0 Å². The molecule has 2 rings (SSSR count). The molecule has 0 unspecified atom stereocenters. The molecule has 2 atom stereocenters. The molecule has 35 heavy (non-hydrogen) atoms. The summed E-state index contributed by atoms with van der Waals surface area (Å²) in [4.78, 5) is 0. The minimum atomic E-state index is -2.78. The van der Waals surface area contributed by atoms with Crippen LogP contribution in [0.5, 0.6) is 0 Å². The van der Waals surface area contributed by atoms with E-state index in [9.17, 15) is 5.11 Å². The molecule has 0 aromatic heterocycles. The van der Waals surface area contributed by atoms with Crippen LogP contribution in [0.1, 0.15) is 47.5 Å². The molecule has 0 saturated heterocycles. The van der Waals surface area contributed by atoms with Gasteiger partial charge in [0.2, 0.25) is 0 Å². The summed E-state index contributed by atoms with van der Waals surface area (Å²) in [6.07, 6.45) is 2.76. The first kappa shape index (κ1) is 29.2. The Bertz CT molecular complexity index is 890. The molecule has 0 aliphatic rings. The molecule has 0 bridgehead atoms. The number of benzene rings is 2. The summed E-state index contributed by atoms with van der Waals surface area (Å²) < 4.78 is 18.5. The van der Waals surface area contributed by atoms with E-state index in [1.807, 2.05) is 6.08 Å². The van der Waals surface area contributed by atoms with E-state index in [0.717, 1.165) is 17.6 Å². The zero-order valence-electron chi connectivity index (χ0n) is 22.6. The molecule has 5 heteroatoms. The number of allylic oxidation sites excluding steroid dienone is 1. The lowest BCUT2D eigenvalue weighted by molar-refractivity contribution is -0.113. The highest BCUT2D eigenvalue weighted by Crippen LogP contribution is 2.39. The van der Waals surface area contributed by atoms with Gasteiger partial charge >= 0.3 is 0 Å². The van der Waals surface area contributed by atoms with Gasteiger partial charge in [0.05, 0.1) is 12.7 Å². The Kier molecular flexibility index (Phi) is 11.1. The normalized spacial score (nSPS) is 14.7. The predicted molar refractivity (Wildman–Crippen MR) is 149 cm³/mol. The minimum absolute atomic E-state index is 0.0249. The van der Waals surface area contributed by atoms with Gasteiger partial charge in [0, 0.05) is 20.6 Å². The van der Waals surface area contributed by atoms with E-state index in [0.29, 0.717) is 6.42 Å². The van der Waals surface area contributed by atoms with Crippen molar-refractivity contribution >= 4 is 18.7 Å². The quantitative estimate of drug-likeness (QED) is 0.227. The van der Waals surface area contributed by atoms with Gasteiger partial charge in [-0.05, 0) is 47.2 Å². The zero-order chi connectivity index (χ0) is 26.1. The maximum absolute atomic E-state index is 9.76. The largest absolute Gasteiger partial charge is 0.401 e. The van der Waals surface area contributed by atoms with Crippen molar-refractivity contribution in [1.82, 2.24) is 0 Å². The van der Waals surface area contributed by atoms with Crippen molar-refractivity contribution in [2.75, 3.05) is 20.8 Å². The Morgan fingerprint density at radius 2 is 1.40 bits per heavy atom. The number of ether oxygens (including phenoxy) is 2. The van der Waals surface area contributed by atoms with Crippen molar-refractivity contribution < 1.29 is 19.0 Å². The molecule has 192 valence electrons. The van der Waals surface area contributed by atoms with Gasteiger partial charge in [-0.15, -0.1) is 0 Å².